The Bertz CT molecular complexity index is 498. The molecule has 0 aliphatic heterocycles. The number of carboxylic acids is 1. The first-order chi connectivity index (χ1) is 9.10. The number of carboxylic acid groups (broad SMARTS) is 1. The summed E-state index contributed by atoms with van der Waals surface area (Å²) >= 11 is 0. The minimum atomic E-state index is -0.983. The minimum Gasteiger partial charge on any atom is -0.478 e. The van der Waals surface area contributed by atoms with Crippen molar-refractivity contribution in [3.8, 4) is 0 Å². The highest BCUT2D eigenvalue weighted by Crippen LogP contribution is 2.31. The molecule has 104 valence electrons. The standard InChI is InChI=1S/C15H21NO3/c1-2-11-3-5-12(6-4-11)9-16-10-13(15(18)19)7-8-14(16)17/h7-8,10-12H,2-6,9H2,1H3,(H,18,19). The molecule has 1 fully saturated rings. The van der Waals surface area contributed by atoms with Crippen LogP contribution >= 0.6 is 0 Å². The lowest BCUT2D eigenvalue weighted by atomic mass is 9.81. The molecule has 0 saturated heterocycles. The Kier molecular flexibility index (Phi) is 4.40. The van der Waals surface area contributed by atoms with Gasteiger partial charge in [0.1, 0.15) is 0 Å². The monoisotopic (exact) mass is 263 g/mol. The predicted molar refractivity (Wildman–Crippen MR) is 73.4 cm³/mol. The average Bonchev–Trinajstić information content (AvgIpc) is 2.42. The Balaban J connectivity index is 2.05. The first-order valence-corrected chi connectivity index (χ1v) is 7.04. The summed E-state index contributed by atoms with van der Waals surface area (Å²) in [6.07, 6.45) is 7.45. The molecule has 0 bridgehead atoms. The van der Waals surface area contributed by atoms with Crippen molar-refractivity contribution in [3.63, 3.8) is 0 Å². The van der Waals surface area contributed by atoms with E-state index < -0.39 is 5.97 Å². The molecule has 1 heterocycles. The fourth-order valence-electron chi connectivity index (χ4n) is 2.90. The second-order valence-electron chi connectivity index (χ2n) is 5.51. The lowest BCUT2D eigenvalue weighted by molar-refractivity contribution is 0.0695. The van der Waals surface area contributed by atoms with Gasteiger partial charge in [-0.2, -0.15) is 0 Å². The summed E-state index contributed by atoms with van der Waals surface area (Å²) in [4.78, 5) is 22.7. The zero-order chi connectivity index (χ0) is 13.8. The first-order valence-electron chi connectivity index (χ1n) is 7.04. The van der Waals surface area contributed by atoms with E-state index >= 15 is 0 Å². The van der Waals surface area contributed by atoms with E-state index in [1.54, 1.807) is 4.57 Å². The van der Waals surface area contributed by atoms with Gasteiger partial charge >= 0.3 is 5.97 Å². The SMILES string of the molecule is CCC1CCC(Cn2cc(C(=O)O)ccc2=O)CC1. The van der Waals surface area contributed by atoms with Crippen molar-refractivity contribution in [3.05, 3.63) is 34.2 Å². The number of aromatic carboxylic acids is 1. The third-order valence-corrected chi connectivity index (χ3v) is 4.23. The summed E-state index contributed by atoms with van der Waals surface area (Å²) in [5.41, 5.74) is 0.0736. The fraction of sp³-hybridized carbons (Fsp3) is 0.600. The summed E-state index contributed by atoms with van der Waals surface area (Å²) in [7, 11) is 0. The van der Waals surface area contributed by atoms with Crippen LogP contribution in [-0.2, 0) is 6.54 Å². The number of nitrogens with zero attached hydrogens (tertiary/aromatic N) is 1. The van der Waals surface area contributed by atoms with Crippen molar-refractivity contribution < 1.29 is 9.90 Å². The molecule has 4 heteroatoms. The summed E-state index contributed by atoms with van der Waals surface area (Å²) in [6, 6.07) is 2.72. The highest BCUT2D eigenvalue weighted by Gasteiger charge is 2.20. The summed E-state index contributed by atoms with van der Waals surface area (Å²) in [6.45, 7) is 2.88. The third kappa shape index (κ3) is 3.46. The van der Waals surface area contributed by atoms with Gasteiger partial charge in [-0.15, -0.1) is 0 Å². The van der Waals surface area contributed by atoms with Crippen LogP contribution in [0.5, 0.6) is 0 Å². The van der Waals surface area contributed by atoms with Gasteiger partial charge in [-0.1, -0.05) is 26.2 Å². The van der Waals surface area contributed by atoms with E-state index in [2.05, 4.69) is 6.92 Å². The topological polar surface area (TPSA) is 59.3 Å². The normalized spacial score (nSPS) is 23.2. The fourth-order valence-corrected chi connectivity index (χ4v) is 2.90. The van der Waals surface area contributed by atoms with E-state index in [4.69, 9.17) is 5.11 Å². The molecule has 0 atom stereocenters. The Morgan fingerprint density at radius 2 is 1.89 bits per heavy atom. The second kappa shape index (κ2) is 6.04. The molecule has 2 rings (SSSR count). The van der Waals surface area contributed by atoms with Crippen LogP contribution < -0.4 is 5.56 Å². The van der Waals surface area contributed by atoms with Gasteiger partial charge in [0.15, 0.2) is 0 Å². The van der Waals surface area contributed by atoms with Crippen LogP contribution in [0.15, 0.2) is 23.1 Å². The van der Waals surface area contributed by atoms with E-state index in [1.165, 1.54) is 37.6 Å². The number of aromatic nitrogens is 1. The Hall–Kier alpha value is -1.58. The number of rotatable bonds is 4. The summed E-state index contributed by atoms with van der Waals surface area (Å²) in [5, 5.41) is 8.96. The van der Waals surface area contributed by atoms with E-state index in [1.807, 2.05) is 0 Å². The Morgan fingerprint density at radius 1 is 1.26 bits per heavy atom. The molecule has 1 aliphatic carbocycles. The van der Waals surface area contributed by atoms with Crippen LogP contribution in [-0.4, -0.2) is 15.6 Å². The van der Waals surface area contributed by atoms with Gasteiger partial charge in [-0.3, -0.25) is 4.79 Å². The molecule has 0 unspecified atom stereocenters. The van der Waals surface area contributed by atoms with Crippen molar-refractivity contribution in [2.45, 2.75) is 45.6 Å². The highest BCUT2D eigenvalue weighted by molar-refractivity contribution is 5.87. The van der Waals surface area contributed by atoms with Gasteiger partial charge in [-0.05, 0) is 30.7 Å². The van der Waals surface area contributed by atoms with Crippen LogP contribution in [0.4, 0.5) is 0 Å². The molecule has 0 aromatic carbocycles. The number of hydrogen-bond donors (Lipinski definition) is 1. The zero-order valence-electron chi connectivity index (χ0n) is 11.3. The highest BCUT2D eigenvalue weighted by atomic mass is 16.4. The molecule has 0 radical (unpaired) electrons. The van der Waals surface area contributed by atoms with Crippen LogP contribution in [0.2, 0.25) is 0 Å². The van der Waals surface area contributed by atoms with Gasteiger partial charge in [0, 0.05) is 18.8 Å². The zero-order valence-corrected chi connectivity index (χ0v) is 11.3. The van der Waals surface area contributed by atoms with Crippen molar-refractivity contribution in [1.82, 2.24) is 4.57 Å². The molecule has 1 saturated carbocycles. The predicted octanol–water partition coefficient (Wildman–Crippen LogP) is 2.76. The van der Waals surface area contributed by atoms with Crippen LogP contribution in [0, 0.1) is 11.8 Å². The summed E-state index contributed by atoms with van der Waals surface area (Å²) < 4.78 is 1.56. The number of carbonyl (C=O) groups is 1. The first kappa shape index (κ1) is 13.8. The molecule has 0 spiro atoms. The van der Waals surface area contributed by atoms with Gasteiger partial charge in [-0.25, -0.2) is 4.79 Å². The molecular formula is C15H21NO3. The van der Waals surface area contributed by atoms with Crippen LogP contribution in [0.25, 0.3) is 0 Å². The van der Waals surface area contributed by atoms with Gasteiger partial charge in [0.2, 0.25) is 0 Å². The molecule has 1 N–H and O–H groups in total. The average molecular weight is 263 g/mol. The maximum atomic E-state index is 11.8. The molecule has 0 amide bonds. The maximum Gasteiger partial charge on any atom is 0.337 e. The van der Waals surface area contributed by atoms with Crippen molar-refractivity contribution >= 4 is 5.97 Å². The molecule has 19 heavy (non-hydrogen) atoms. The lowest BCUT2D eigenvalue weighted by Gasteiger charge is -2.28. The molecule has 1 aromatic heterocycles. The molecular weight excluding hydrogens is 242 g/mol. The largest absolute Gasteiger partial charge is 0.478 e. The van der Waals surface area contributed by atoms with E-state index in [0.29, 0.717) is 12.5 Å². The van der Waals surface area contributed by atoms with E-state index in [0.717, 1.165) is 18.8 Å². The Labute approximate surface area is 113 Å². The van der Waals surface area contributed by atoms with Gasteiger partial charge in [0.25, 0.3) is 5.56 Å². The smallest absolute Gasteiger partial charge is 0.337 e. The third-order valence-electron chi connectivity index (χ3n) is 4.23. The lowest BCUT2D eigenvalue weighted by Crippen LogP contribution is -2.26. The summed E-state index contributed by atoms with van der Waals surface area (Å²) in [5.74, 6) is 0.353. The minimum absolute atomic E-state index is 0.109. The van der Waals surface area contributed by atoms with Crippen molar-refractivity contribution in [2.75, 3.05) is 0 Å². The maximum absolute atomic E-state index is 11.8. The van der Waals surface area contributed by atoms with Crippen molar-refractivity contribution in [2.24, 2.45) is 11.8 Å². The van der Waals surface area contributed by atoms with E-state index in [9.17, 15) is 9.59 Å². The molecule has 1 aliphatic rings. The van der Waals surface area contributed by atoms with Crippen molar-refractivity contribution in [1.29, 1.82) is 0 Å². The molecule has 1 aromatic rings. The van der Waals surface area contributed by atoms with Gasteiger partial charge < -0.3 is 9.67 Å². The quantitative estimate of drug-likeness (QED) is 0.908. The van der Waals surface area contributed by atoms with Gasteiger partial charge in [0.05, 0.1) is 5.56 Å². The van der Waals surface area contributed by atoms with Crippen LogP contribution in [0.1, 0.15) is 49.4 Å². The number of hydrogen-bond acceptors (Lipinski definition) is 2. The molecule has 4 nitrogen and oxygen atoms in total. The van der Waals surface area contributed by atoms with Crippen LogP contribution in [0.3, 0.4) is 0 Å². The number of pyridine rings is 1. The Morgan fingerprint density at radius 3 is 2.47 bits per heavy atom. The van der Waals surface area contributed by atoms with E-state index in [-0.39, 0.29) is 11.1 Å². The second-order valence-corrected chi connectivity index (χ2v) is 5.51.